The van der Waals surface area contributed by atoms with Crippen LogP contribution in [-0.2, 0) is 4.79 Å². The number of nitrogens with one attached hydrogen (secondary N) is 1. The monoisotopic (exact) mass is 416 g/mol. The van der Waals surface area contributed by atoms with Crippen molar-refractivity contribution in [1.29, 1.82) is 0 Å². The van der Waals surface area contributed by atoms with E-state index in [0.717, 1.165) is 17.7 Å². The van der Waals surface area contributed by atoms with Gasteiger partial charge in [-0.1, -0.05) is 19.0 Å². The van der Waals surface area contributed by atoms with Gasteiger partial charge in [0.1, 0.15) is 11.9 Å². The molecule has 158 valence electrons. The smallest absolute Gasteiger partial charge is 0.249 e. The van der Waals surface area contributed by atoms with Gasteiger partial charge < -0.3 is 14.6 Å². The van der Waals surface area contributed by atoms with Crippen molar-refractivity contribution in [3.05, 3.63) is 60.3 Å². The van der Waals surface area contributed by atoms with E-state index >= 15 is 0 Å². The molecule has 1 amide bonds. The Morgan fingerprint density at radius 2 is 1.97 bits per heavy atom. The molecule has 0 saturated heterocycles. The molecule has 1 atom stereocenters. The highest BCUT2D eigenvalue weighted by molar-refractivity contribution is 5.76. The lowest BCUT2D eigenvalue weighted by molar-refractivity contribution is -0.122. The summed E-state index contributed by atoms with van der Waals surface area (Å²) in [6.45, 7) is 3.98. The van der Waals surface area contributed by atoms with Crippen LogP contribution in [0.4, 0.5) is 8.78 Å². The van der Waals surface area contributed by atoms with Gasteiger partial charge in [-0.2, -0.15) is 4.98 Å². The minimum Gasteiger partial charge on any atom is -0.491 e. The summed E-state index contributed by atoms with van der Waals surface area (Å²) in [4.78, 5) is 20.7. The first-order valence-corrected chi connectivity index (χ1v) is 9.55. The number of pyridine rings is 1. The fourth-order valence-electron chi connectivity index (χ4n) is 2.75. The average Bonchev–Trinajstić information content (AvgIpc) is 3.21. The van der Waals surface area contributed by atoms with E-state index in [1.807, 2.05) is 13.8 Å². The Kier molecular flexibility index (Phi) is 7.05. The minimum absolute atomic E-state index is 0.0178. The summed E-state index contributed by atoms with van der Waals surface area (Å²) >= 11 is 0. The van der Waals surface area contributed by atoms with Crippen molar-refractivity contribution in [2.45, 2.75) is 32.7 Å². The second kappa shape index (κ2) is 9.91. The molecular weight excluding hydrogens is 394 g/mol. The number of hydrogen-bond acceptors (Lipinski definition) is 6. The molecule has 30 heavy (non-hydrogen) atoms. The van der Waals surface area contributed by atoms with Crippen LogP contribution in [0.15, 0.2) is 47.2 Å². The van der Waals surface area contributed by atoms with Gasteiger partial charge in [0.25, 0.3) is 0 Å². The first kappa shape index (κ1) is 21.4. The lowest BCUT2D eigenvalue weighted by Crippen LogP contribution is -2.32. The van der Waals surface area contributed by atoms with Gasteiger partial charge >= 0.3 is 0 Å². The molecule has 0 fully saturated rings. The van der Waals surface area contributed by atoms with Gasteiger partial charge in [0, 0.05) is 30.4 Å². The molecule has 1 N–H and O–H groups in total. The number of aromatic nitrogens is 3. The summed E-state index contributed by atoms with van der Waals surface area (Å²) in [7, 11) is 0. The molecule has 0 aliphatic rings. The SMILES string of the molecule is CC(C)C(NC(=O)CCCOc1ccc(F)cc1F)c1nc(-c2ccncc2)no1. The zero-order chi connectivity index (χ0) is 21.5. The van der Waals surface area contributed by atoms with Crippen LogP contribution in [0.2, 0.25) is 0 Å². The van der Waals surface area contributed by atoms with E-state index in [4.69, 9.17) is 9.26 Å². The Hall–Kier alpha value is -3.36. The number of nitrogens with zero attached hydrogens (tertiary/aromatic N) is 3. The summed E-state index contributed by atoms with van der Waals surface area (Å²) in [6, 6.07) is 6.16. The van der Waals surface area contributed by atoms with Crippen molar-refractivity contribution in [3.63, 3.8) is 0 Å². The van der Waals surface area contributed by atoms with Crippen LogP contribution in [0.5, 0.6) is 5.75 Å². The quantitative estimate of drug-likeness (QED) is 0.529. The van der Waals surface area contributed by atoms with E-state index in [1.54, 1.807) is 24.5 Å². The maximum Gasteiger partial charge on any atom is 0.249 e. The second-order valence-corrected chi connectivity index (χ2v) is 7.01. The van der Waals surface area contributed by atoms with Crippen molar-refractivity contribution >= 4 is 5.91 Å². The van der Waals surface area contributed by atoms with Gasteiger partial charge in [0.2, 0.25) is 17.6 Å². The van der Waals surface area contributed by atoms with Crippen LogP contribution in [-0.4, -0.2) is 27.6 Å². The Morgan fingerprint density at radius 3 is 2.67 bits per heavy atom. The molecule has 2 aromatic heterocycles. The summed E-state index contributed by atoms with van der Waals surface area (Å²) < 4.78 is 37.1. The highest BCUT2D eigenvalue weighted by Gasteiger charge is 2.24. The third-order valence-corrected chi connectivity index (χ3v) is 4.33. The van der Waals surface area contributed by atoms with Crippen molar-refractivity contribution in [2.24, 2.45) is 5.92 Å². The van der Waals surface area contributed by atoms with Gasteiger partial charge in [0.15, 0.2) is 11.6 Å². The number of carbonyl (C=O) groups excluding carboxylic acids is 1. The fraction of sp³-hybridized carbons (Fsp3) is 0.333. The fourth-order valence-corrected chi connectivity index (χ4v) is 2.75. The average molecular weight is 416 g/mol. The molecule has 0 bridgehead atoms. The maximum atomic E-state index is 13.5. The largest absolute Gasteiger partial charge is 0.491 e. The highest BCUT2D eigenvalue weighted by atomic mass is 19.1. The molecular formula is C21H22F2N4O3. The summed E-state index contributed by atoms with van der Waals surface area (Å²) in [5.74, 6) is -0.972. The van der Waals surface area contributed by atoms with Gasteiger partial charge in [-0.25, -0.2) is 8.78 Å². The van der Waals surface area contributed by atoms with Crippen LogP contribution in [0.1, 0.15) is 38.6 Å². The molecule has 7 nitrogen and oxygen atoms in total. The minimum atomic E-state index is -0.777. The van der Waals surface area contributed by atoms with Crippen LogP contribution >= 0.6 is 0 Å². The Balaban J connectivity index is 1.52. The topological polar surface area (TPSA) is 90.1 Å². The van der Waals surface area contributed by atoms with Crippen molar-refractivity contribution in [1.82, 2.24) is 20.4 Å². The maximum absolute atomic E-state index is 13.5. The second-order valence-electron chi connectivity index (χ2n) is 7.01. The summed E-state index contributed by atoms with van der Waals surface area (Å²) in [6.07, 6.45) is 3.79. The molecule has 1 aromatic carbocycles. The third kappa shape index (κ3) is 5.59. The number of ether oxygens (including phenoxy) is 1. The Labute approximate surface area is 172 Å². The zero-order valence-corrected chi connectivity index (χ0v) is 16.6. The molecule has 3 aromatic rings. The molecule has 9 heteroatoms. The van der Waals surface area contributed by atoms with Crippen LogP contribution < -0.4 is 10.1 Å². The Morgan fingerprint density at radius 1 is 1.20 bits per heavy atom. The predicted octanol–water partition coefficient (Wildman–Crippen LogP) is 4.08. The zero-order valence-electron chi connectivity index (χ0n) is 16.6. The molecule has 2 heterocycles. The van der Waals surface area contributed by atoms with Gasteiger partial charge in [-0.3, -0.25) is 9.78 Å². The first-order chi connectivity index (χ1) is 14.4. The van der Waals surface area contributed by atoms with E-state index in [1.165, 1.54) is 6.07 Å². The number of rotatable bonds is 9. The first-order valence-electron chi connectivity index (χ1n) is 9.55. The number of halogens is 2. The number of benzene rings is 1. The predicted molar refractivity (Wildman–Crippen MR) is 104 cm³/mol. The highest BCUT2D eigenvalue weighted by Crippen LogP contribution is 2.23. The standard InChI is InChI=1S/C21H22F2N4O3/c1-13(2)19(21-26-20(27-30-21)14-7-9-24-10-8-14)25-18(28)4-3-11-29-17-6-5-15(22)12-16(17)23/h5-10,12-13,19H,3-4,11H2,1-2H3,(H,25,28). The number of hydrogen-bond donors (Lipinski definition) is 1. The van der Waals surface area contributed by atoms with E-state index < -0.39 is 17.7 Å². The van der Waals surface area contributed by atoms with Crippen LogP contribution in [0.3, 0.4) is 0 Å². The summed E-state index contributed by atoms with van der Waals surface area (Å²) in [5, 5.41) is 6.86. The van der Waals surface area contributed by atoms with E-state index in [9.17, 15) is 13.6 Å². The molecule has 3 rings (SSSR count). The van der Waals surface area contributed by atoms with Gasteiger partial charge in [0.05, 0.1) is 6.61 Å². The van der Waals surface area contributed by atoms with Crippen molar-refractivity contribution < 1.29 is 22.8 Å². The lowest BCUT2D eigenvalue weighted by Gasteiger charge is -2.18. The number of amides is 1. The molecule has 0 saturated carbocycles. The number of carbonyl (C=O) groups is 1. The van der Waals surface area contributed by atoms with E-state index in [0.29, 0.717) is 18.1 Å². The van der Waals surface area contributed by atoms with E-state index in [-0.39, 0.29) is 30.6 Å². The van der Waals surface area contributed by atoms with Crippen LogP contribution in [0, 0.1) is 17.6 Å². The molecule has 0 spiro atoms. The molecule has 1 unspecified atom stereocenters. The lowest BCUT2D eigenvalue weighted by atomic mass is 10.0. The van der Waals surface area contributed by atoms with Gasteiger partial charge in [-0.15, -0.1) is 0 Å². The molecule has 0 aliphatic heterocycles. The third-order valence-electron chi connectivity index (χ3n) is 4.33. The molecule has 0 radical (unpaired) electrons. The van der Waals surface area contributed by atoms with Crippen LogP contribution in [0.25, 0.3) is 11.4 Å². The Bertz CT molecular complexity index is 979. The normalized spacial score (nSPS) is 12.0. The van der Waals surface area contributed by atoms with Gasteiger partial charge in [-0.05, 0) is 36.6 Å². The van der Waals surface area contributed by atoms with E-state index in [2.05, 4.69) is 20.4 Å². The summed E-state index contributed by atoms with van der Waals surface area (Å²) in [5.41, 5.74) is 0.763. The van der Waals surface area contributed by atoms with Crippen molar-refractivity contribution in [2.75, 3.05) is 6.61 Å². The molecule has 0 aliphatic carbocycles. The van der Waals surface area contributed by atoms with Crippen molar-refractivity contribution in [3.8, 4) is 17.1 Å².